The fourth-order valence-electron chi connectivity index (χ4n) is 6.52. The van der Waals surface area contributed by atoms with Crippen molar-refractivity contribution in [3.05, 3.63) is 83.1 Å². The summed E-state index contributed by atoms with van der Waals surface area (Å²) in [6.45, 7) is 6.80. The van der Waals surface area contributed by atoms with Gasteiger partial charge in [0.2, 0.25) is 0 Å². The third-order valence-electron chi connectivity index (χ3n) is 8.87. The number of morpholine rings is 1. The van der Waals surface area contributed by atoms with Crippen LogP contribution in [0.5, 0.6) is 5.75 Å². The predicted molar refractivity (Wildman–Crippen MR) is 170 cm³/mol. The summed E-state index contributed by atoms with van der Waals surface area (Å²) in [6.07, 6.45) is 4.60. The fraction of sp³-hybridized carbons (Fsp3) is 0.486. The van der Waals surface area contributed by atoms with Crippen LogP contribution in [-0.4, -0.2) is 87.4 Å². The molecule has 0 spiro atoms. The van der Waals surface area contributed by atoms with Gasteiger partial charge in [-0.1, -0.05) is 6.07 Å². The standard InChI is InChI=1S/C35H42N4O8/c1-35(2,3)47-34(43)38-17-25-13-28(45-20-29-15-36-21-46-29)12-11-24(25)14-30(38)31(40)16-37-32(41)22-7-9-23(10-8-22)33(42)39-26-5-4-6-27(39)19-44-18-26/h7-13,15,21,26-27,30-31,40H,4-6,14,16-20H2,1-3H3,(H,37,41)/t26?,27?,30-,31+/m0/s1. The Labute approximate surface area is 274 Å². The quantitative estimate of drug-likeness (QED) is 0.370. The van der Waals surface area contributed by atoms with Crippen molar-refractivity contribution in [1.29, 1.82) is 0 Å². The van der Waals surface area contributed by atoms with Gasteiger partial charge in [-0.25, -0.2) is 9.78 Å². The lowest BCUT2D eigenvalue weighted by Crippen LogP contribution is -2.57. The zero-order valence-corrected chi connectivity index (χ0v) is 27.0. The first-order valence-electron chi connectivity index (χ1n) is 16.1. The van der Waals surface area contributed by atoms with Crippen molar-refractivity contribution in [1.82, 2.24) is 20.1 Å². The summed E-state index contributed by atoms with van der Waals surface area (Å²) in [4.78, 5) is 47.1. The number of aromatic nitrogens is 1. The van der Waals surface area contributed by atoms with Crippen molar-refractivity contribution >= 4 is 17.9 Å². The third kappa shape index (κ3) is 7.60. The van der Waals surface area contributed by atoms with E-state index < -0.39 is 23.8 Å². The largest absolute Gasteiger partial charge is 0.486 e. The Bertz CT molecular complexity index is 1550. The van der Waals surface area contributed by atoms with Crippen LogP contribution < -0.4 is 10.1 Å². The summed E-state index contributed by atoms with van der Waals surface area (Å²) < 4.78 is 22.5. The van der Waals surface area contributed by atoms with Gasteiger partial charge in [0.25, 0.3) is 11.8 Å². The summed E-state index contributed by atoms with van der Waals surface area (Å²) >= 11 is 0. The van der Waals surface area contributed by atoms with Crippen LogP contribution >= 0.6 is 0 Å². The number of fused-ring (bicyclic) bond motifs is 3. The Balaban J connectivity index is 1.10. The summed E-state index contributed by atoms with van der Waals surface area (Å²) in [7, 11) is 0. The number of ether oxygens (including phenoxy) is 3. The Morgan fingerprint density at radius 1 is 1.04 bits per heavy atom. The molecule has 3 amide bonds. The molecule has 3 aliphatic heterocycles. The molecule has 2 N–H and O–H groups in total. The molecule has 2 unspecified atom stereocenters. The SMILES string of the molecule is CC(C)(C)OC(=O)N1Cc2cc(OCc3cnco3)ccc2C[C@H]1[C@H](O)CNC(=O)c1ccc(C(=O)N2C3CCCC2COC3)cc1. The first-order valence-corrected chi connectivity index (χ1v) is 16.1. The van der Waals surface area contributed by atoms with E-state index in [0.717, 1.165) is 30.4 Å². The molecule has 2 saturated heterocycles. The number of carbonyl (C=O) groups excluding carboxylic acids is 3. The highest BCUT2D eigenvalue weighted by Gasteiger charge is 2.39. The maximum Gasteiger partial charge on any atom is 0.410 e. The molecule has 47 heavy (non-hydrogen) atoms. The second kappa shape index (κ2) is 13.7. The van der Waals surface area contributed by atoms with Crippen molar-refractivity contribution in [3.63, 3.8) is 0 Å². The Morgan fingerprint density at radius 3 is 2.45 bits per heavy atom. The Morgan fingerprint density at radius 2 is 1.77 bits per heavy atom. The van der Waals surface area contributed by atoms with Gasteiger partial charge in [-0.2, -0.15) is 0 Å². The van der Waals surface area contributed by atoms with E-state index in [1.807, 2.05) is 23.1 Å². The first kappa shape index (κ1) is 32.5. The molecule has 12 nitrogen and oxygen atoms in total. The maximum absolute atomic E-state index is 13.3. The summed E-state index contributed by atoms with van der Waals surface area (Å²) in [5.41, 5.74) is 1.98. The normalized spacial score (nSPS) is 21.4. The van der Waals surface area contributed by atoms with E-state index in [9.17, 15) is 19.5 Å². The minimum absolute atomic E-state index is 0.0429. The average molecular weight is 647 g/mol. The molecule has 2 aromatic carbocycles. The van der Waals surface area contributed by atoms with E-state index in [-0.39, 0.29) is 43.6 Å². The second-order valence-corrected chi connectivity index (χ2v) is 13.4. The molecule has 0 saturated carbocycles. The molecule has 4 heterocycles. The molecule has 4 atom stereocenters. The summed E-state index contributed by atoms with van der Waals surface area (Å²) in [5, 5.41) is 14.1. The number of nitrogens with zero attached hydrogens (tertiary/aromatic N) is 3. The number of amides is 3. The van der Waals surface area contributed by atoms with E-state index in [4.69, 9.17) is 18.6 Å². The van der Waals surface area contributed by atoms with Crippen LogP contribution in [-0.2, 0) is 29.0 Å². The van der Waals surface area contributed by atoms with E-state index in [2.05, 4.69) is 10.3 Å². The number of rotatable bonds is 8. The minimum atomic E-state index is -1.08. The van der Waals surface area contributed by atoms with E-state index >= 15 is 0 Å². The highest BCUT2D eigenvalue weighted by molar-refractivity contribution is 5.98. The second-order valence-electron chi connectivity index (χ2n) is 13.4. The molecule has 0 radical (unpaired) electrons. The van der Waals surface area contributed by atoms with Gasteiger partial charge in [-0.3, -0.25) is 14.5 Å². The molecule has 0 aliphatic carbocycles. The number of aliphatic hydroxyl groups is 1. The number of benzene rings is 2. The lowest BCUT2D eigenvalue weighted by atomic mass is 9.91. The van der Waals surface area contributed by atoms with Crippen LogP contribution in [0.4, 0.5) is 4.79 Å². The van der Waals surface area contributed by atoms with Crippen LogP contribution in [0.2, 0.25) is 0 Å². The number of hydrogen-bond acceptors (Lipinski definition) is 9. The summed E-state index contributed by atoms with van der Waals surface area (Å²) in [6, 6.07) is 11.7. The maximum atomic E-state index is 13.3. The number of hydrogen-bond donors (Lipinski definition) is 2. The highest BCUT2D eigenvalue weighted by Crippen LogP contribution is 2.31. The average Bonchev–Trinajstić information content (AvgIpc) is 3.58. The van der Waals surface area contributed by atoms with Crippen LogP contribution in [0.25, 0.3) is 0 Å². The molecule has 3 aromatic rings. The van der Waals surface area contributed by atoms with Gasteiger partial charge in [-0.15, -0.1) is 0 Å². The van der Waals surface area contributed by atoms with Gasteiger partial charge in [-0.05, 0) is 94.0 Å². The monoisotopic (exact) mass is 646 g/mol. The molecule has 2 fully saturated rings. The number of oxazole rings is 1. The minimum Gasteiger partial charge on any atom is -0.486 e. The molecular formula is C35H42N4O8. The van der Waals surface area contributed by atoms with Crippen LogP contribution in [0.1, 0.15) is 77.6 Å². The van der Waals surface area contributed by atoms with Gasteiger partial charge in [0.05, 0.1) is 43.6 Å². The van der Waals surface area contributed by atoms with Gasteiger partial charge < -0.3 is 34.0 Å². The first-order chi connectivity index (χ1) is 22.6. The fourth-order valence-corrected chi connectivity index (χ4v) is 6.52. The van der Waals surface area contributed by atoms with Crippen LogP contribution in [0.3, 0.4) is 0 Å². The van der Waals surface area contributed by atoms with Gasteiger partial charge in [0.1, 0.15) is 18.0 Å². The molecule has 12 heteroatoms. The molecule has 3 aliphatic rings. The molecule has 250 valence electrons. The van der Waals surface area contributed by atoms with Gasteiger partial charge in [0, 0.05) is 24.2 Å². The smallest absolute Gasteiger partial charge is 0.410 e. The lowest BCUT2D eigenvalue weighted by molar-refractivity contribution is -0.0565. The number of aliphatic hydroxyl groups excluding tert-OH is 1. The van der Waals surface area contributed by atoms with Crippen molar-refractivity contribution in [3.8, 4) is 5.75 Å². The van der Waals surface area contributed by atoms with E-state index in [1.54, 1.807) is 51.2 Å². The predicted octanol–water partition coefficient (Wildman–Crippen LogP) is 4.10. The van der Waals surface area contributed by atoms with Crippen molar-refractivity contribution in [2.75, 3.05) is 19.8 Å². The number of carbonyl (C=O) groups is 3. The number of nitrogens with one attached hydrogen (secondary N) is 1. The van der Waals surface area contributed by atoms with Gasteiger partial charge in [0.15, 0.2) is 12.2 Å². The molecule has 6 rings (SSSR count). The van der Waals surface area contributed by atoms with E-state index in [1.165, 1.54) is 11.3 Å². The topological polar surface area (TPSA) is 144 Å². The van der Waals surface area contributed by atoms with Crippen LogP contribution in [0, 0.1) is 0 Å². The Kier molecular flexibility index (Phi) is 9.51. The Hall–Kier alpha value is -4.42. The zero-order chi connectivity index (χ0) is 33.1. The lowest BCUT2D eigenvalue weighted by Gasteiger charge is -2.45. The highest BCUT2D eigenvalue weighted by atomic mass is 16.6. The van der Waals surface area contributed by atoms with Crippen molar-refractivity contribution < 1.29 is 38.1 Å². The molecule has 1 aromatic heterocycles. The molecule has 2 bridgehead atoms. The molecular weight excluding hydrogens is 604 g/mol. The summed E-state index contributed by atoms with van der Waals surface area (Å²) in [5.74, 6) is 0.762. The van der Waals surface area contributed by atoms with Crippen molar-refractivity contribution in [2.45, 2.75) is 89.4 Å². The van der Waals surface area contributed by atoms with Crippen LogP contribution in [0.15, 0.2) is 59.5 Å². The zero-order valence-electron chi connectivity index (χ0n) is 27.0. The van der Waals surface area contributed by atoms with Gasteiger partial charge >= 0.3 is 6.09 Å². The van der Waals surface area contributed by atoms with Crippen molar-refractivity contribution in [2.24, 2.45) is 0 Å². The third-order valence-corrected chi connectivity index (χ3v) is 8.87. The van der Waals surface area contributed by atoms with E-state index in [0.29, 0.717) is 42.3 Å². The number of piperidine rings is 1.